The second-order valence-electron chi connectivity index (χ2n) is 6.47. The zero-order valence-electron chi connectivity index (χ0n) is 14.6. The molecule has 3 aromatic rings. The average Bonchev–Trinajstić information content (AvgIpc) is 3.35. The van der Waals surface area contributed by atoms with E-state index >= 15 is 0 Å². The number of nitrogens with one attached hydrogen (secondary N) is 2. The zero-order chi connectivity index (χ0) is 19.1. The van der Waals surface area contributed by atoms with Crippen LogP contribution in [0.3, 0.4) is 0 Å². The average molecular weight is 382 g/mol. The number of carbonyl (C=O) groups is 2. The van der Waals surface area contributed by atoms with Crippen molar-refractivity contribution in [3.05, 3.63) is 29.1 Å². The maximum Gasteiger partial charge on any atom is 0.260 e. The Bertz CT molecular complexity index is 1070. The van der Waals surface area contributed by atoms with Crippen LogP contribution in [0.15, 0.2) is 24.3 Å². The molecule has 0 spiro atoms. The summed E-state index contributed by atoms with van der Waals surface area (Å²) in [6, 6.07) is 7.66. The number of benzene rings is 1. The van der Waals surface area contributed by atoms with Crippen molar-refractivity contribution in [3.8, 4) is 11.3 Å². The number of hydrogen-bond donors (Lipinski definition) is 4. The Morgan fingerprint density at radius 2 is 2.04 bits per heavy atom. The van der Waals surface area contributed by atoms with Gasteiger partial charge in [-0.25, -0.2) is 9.97 Å². The highest BCUT2D eigenvalue weighted by Crippen LogP contribution is 2.39. The van der Waals surface area contributed by atoms with Crippen LogP contribution in [0.1, 0.15) is 29.4 Å². The van der Waals surface area contributed by atoms with E-state index in [0.29, 0.717) is 33.6 Å². The minimum atomic E-state index is -0.592. The highest BCUT2D eigenvalue weighted by atomic mass is 32.1. The van der Waals surface area contributed by atoms with Crippen LogP contribution in [-0.4, -0.2) is 27.8 Å². The molecule has 2 aromatic heterocycles. The number of nitrogens with zero attached hydrogens (tertiary/aromatic N) is 2. The first-order valence-electron chi connectivity index (χ1n) is 8.46. The Morgan fingerprint density at radius 3 is 2.70 bits per heavy atom. The van der Waals surface area contributed by atoms with Crippen molar-refractivity contribution < 1.29 is 9.59 Å². The van der Waals surface area contributed by atoms with Crippen LogP contribution in [0.25, 0.3) is 21.5 Å². The van der Waals surface area contributed by atoms with Gasteiger partial charge in [0.1, 0.15) is 9.71 Å². The predicted octanol–water partition coefficient (Wildman–Crippen LogP) is 2.57. The number of fused-ring (bicyclic) bond motifs is 1. The summed E-state index contributed by atoms with van der Waals surface area (Å²) in [7, 11) is 0. The SMILES string of the molecule is CC(=O)Nc1cccc(-c2nc(NC3CC3)nc3sc(C(N)=O)c(N)c23)c1. The van der Waals surface area contributed by atoms with Gasteiger partial charge in [-0.3, -0.25) is 9.59 Å². The molecule has 1 fully saturated rings. The van der Waals surface area contributed by atoms with Crippen LogP contribution in [0.4, 0.5) is 17.3 Å². The summed E-state index contributed by atoms with van der Waals surface area (Å²) in [6.07, 6.45) is 2.15. The third-order valence-electron chi connectivity index (χ3n) is 4.18. The largest absolute Gasteiger partial charge is 0.397 e. The maximum absolute atomic E-state index is 11.7. The quantitative estimate of drug-likeness (QED) is 0.535. The lowest BCUT2D eigenvalue weighted by Crippen LogP contribution is -2.10. The normalized spacial score (nSPS) is 13.5. The molecule has 2 heterocycles. The summed E-state index contributed by atoms with van der Waals surface area (Å²) in [4.78, 5) is 33.1. The Balaban J connectivity index is 1.91. The van der Waals surface area contributed by atoms with Gasteiger partial charge in [0, 0.05) is 24.2 Å². The molecule has 1 aliphatic carbocycles. The van der Waals surface area contributed by atoms with Crippen LogP contribution >= 0.6 is 11.3 Å². The fraction of sp³-hybridized carbons (Fsp3) is 0.222. The Kier molecular flexibility index (Phi) is 4.15. The molecule has 0 aliphatic heterocycles. The van der Waals surface area contributed by atoms with Gasteiger partial charge in [-0.2, -0.15) is 0 Å². The number of hydrogen-bond acceptors (Lipinski definition) is 7. The van der Waals surface area contributed by atoms with Gasteiger partial charge in [0.15, 0.2) is 0 Å². The summed E-state index contributed by atoms with van der Waals surface area (Å²) in [5, 5.41) is 6.63. The highest BCUT2D eigenvalue weighted by molar-refractivity contribution is 7.21. The van der Waals surface area contributed by atoms with Crippen LogP contribution in [-0.2, 0) is 4.79 Å². The standard InChI is InChI=1S/C18H18N6O2S/c1-8(25)21-11-4-2-3-9(7-11)14-12-13(19)15(16(20)26)27-17(12)24-18(23-14)22-10-5-6-10/h2-4,7,10H,5-6,19H2,1H3,(H2,20,26)(H,21,25)(H,22,23,24). The second-order valence-corrected chi connectivity index (χ2v) is 7.46. The molecule has 1 aliphatic rings. The molecule has 0 radical (unpaired) electrons. The number of anilines is 3. The monoisotopic (exact) mass is 382 g/mol. The van der Waals surface area contributed by atoms with Crippen molar-refractivity contribution in [2.45, 2.75) is 25.8 Å². The van der Waals surface area contributed by atoms with E-state index in [0.717, 1.165) is 29.7 Å². The molecule has 138 valence electrons. The lowest BCUT2D eigenvalue weighted by atomic mass is 10.1. The van der Waals surface area contributed by atoms with Gasteiger partial charge in [-0.1, -0.05) is 12.1 Å². The zero-order valence-corrected chi connectivity index (χ0v) is 15.4. The van der Waals surface area contributed by atoms with E-state index in [4.69, 9.17) is 11.5 Å². The first kappa shape index (κ1) is 17.2. The summed E-state index contributed by atoms with van der Waals surface area (Å²) in [5.74, 6) is -0.269. The number of carbonyl (C=O) groups excluding carboxylic acids is 2. The van der Waals surface area contributed by atoms with Gasteiger partial charge in [0.2, 0.25) is 11.9 Å². The minimum absolute atomic E-state index is 0.165. The van der Waals surface area contributed by atoms with E-state index in [1.807, 2.05) is 18.2 Å². The number of thiophene rings is 1. The molecule has 8 nitrogen and oxygen atoms in total. The fourth-order valence-electron chi connectivity index (χ4n) is 2.84. The number of nitrogen functional groups attached to an aromatic ring is 1. The molecule has 0 atom stereocenters. The van der Waals surface area contributed by atoms with Crippen molar-refractivity contribution in [3.63, 3.8) is 0 Å². The van der Waals surface area contributed by atoms with Crippen molar-refractivity contribution in [1.82, 2.24) is 9.97 Å². The first-order valence-corrected chi connectivity index (χ1v) is 9.28. The smallest absolute Gasteiger partial charge is 0.260 e. The van der Waals surface area contributed by atoms with E-state index in [1.165, 1.54) is 6.92 Å². The Hall–Kier alpha value is -3.20. The molecular formula is C18H18N6O2S. The van der Waals surface area contributed by atoms with Crippen molar-refractivity contribution in [2.75, 3.05) is 16.4 Å². The fourth-order valence-corrected chi connectivity index (χ4v) is 3.78. The van der Waals surface area contributed by atoms with Gasteiger partial charge in [-0.15, -0.1) is 11.3 Å². The van der Waals surface area contributed by atoms with E-state index in [1.54, 1.807) is 6.07 Å². The number of nitrogens with two attached hydrogens (primary N) is 2. The van der Waals surface area contributed by atoms with Crippen LogP contribution in [0.5, 0.6) is 0 Å². The summed E-state index contributed by atoms with van der Waals surface area (Å²) < 4.78 is 0. The van der Waals surface area contributed by atoms with Gasteiger partial charge < -0.3 is 22.1 Å². The molecule has 1 saturated carbocycles. The molecule has 6 N–H and O–H groups in total. The number of amides is 2. The van der Waals surface area contributed by atoms with Gasteiger partial charge >= 0.3 is 0 Å². The van der Waals surface area contributed by atoms with Gasteiger partial charge in [-0.05, 0) is 25.0 Å². The molecule has 2 amide bonds. The van der Waals surface area contributed by atoms with Crippen molar-refractivity contribution in [1.29, 1.82) is 0 Å². The van der Waals surface area contributed by atoms with E-state index in [2.05, 4.69) is 20.6 Å². The van der Waals surface area contributed by atoms with E-state index in [9.17, 15) is 9.59 Å². The van der Waals surface area contributed by atoms with Gasteiger partial charge in [0.05, 0.1) is 16.8 Å². The van der Waals surface area contributed by atoms with Crippen LogP contribution < -0.4 is 22.1 Å². The lowest BCUT2D eigenvalue weighted by Gasteiger charge is -2.10. The third-order valence-corrected chi connectivity index (χ3v) is 5.29. The number of primary amides is 1. The highest BCUT2D eigenvalue weighted by Gasteiger charge is 2.25. The van der Waals surface area contributed by atoms with Crippen LogP contribution in [0.2, 0.25) is 0 Å². The Morgan fingerprint density at radius 1 is 1.26 bits per heavy atom. The molecule has 0 bridgehead atoms. The molecule has 0 saturated heterocycles. The van der Waals surface area contributed by atoms with Crippen molar-refractivity contribution >= 4 is 50.7 Å². The molecular weight excluding hydrogens is 364 g/mol. The lowest BCUT2D eigenvalue weighted by molar-refractivity contribution is -0.114. The molecule has 4 rings (SSSR count). The minimum Gasteiger partial charge on any atom is -0.397 e. The maximum atomic E-state index is 11.7. The predicted molar refractivity (Wildman–Crippen MR) is 107 cm³/mol. The molecule has 27 heavy (non-hydrogen) atoms. The number of aromatic nitrogens is 2. The van der Waals surface area contributed by atoms with Crippen molar-refractivity contribution in [2.24, 2.45) is 5.73 Å². The summed E-state index contributed by atoms with van der Waals surface area (Å²) in [6.45, 7) is 1.45. The summed E-state index contributed by atoms with van der Waals surface area (Å²) in [5.41, 5.74) is 13.9. The second kappa shape index (κ2) is 6.51. The van der Waals surface area contributed by atoms with E-state index in [-0.39, 0.29) is 16.5 Å². The molecule has 1 aromatic carbocycles. The van der Waals surface area contributed by atoms with E-state index < -0.39 is 5.91 Å². The van der Waals surface area contributed by atoms with Gasteiger partial charge in [0.25, 0.3) is 5.91 Å². The summed E-state index contributed by atoms with van der Waals surface area (Å²) >= 11 is 1.16. The van der Waals surface area contributed by atoms with Crippen LogP contribution in [0, 0.1) is 0 Å². The Labute approximate surface area is 159 Å². The topological polar surface area (TPSA) is 136 Å². The third kappa shape index (κ3) is 3.41. The number of rotatable bonds is 5. The molecule has 0 unspecified atom stereocenters. The molecule has 9 heteroatoms. The first-order chi connectivity index (χ1) is 12.9.